The van der Waals surface area contributed by atoms with E-state index >= 15 is 0 Å². The number of halogens is 2. The van der Waals surface area contributed by atoms with E-state index in [2.05, 4.69) is 9.88 Å². The molecule has 0 radical (unpaired) electrons. The third-order valence-electron chi connectivity index (χ3n) is 4.10. The fourth-order valence-electron chi connectivity index (χ4n) is 2.93. The molecule has 0 N–H and O–H groups in total. The maximum atomic E-state index is 13.3. The highest BCUT2D eigenvalue weighted by molar-refractivity contribution is 5.75. The molecule has 21 heavy (non-hydrogen) atoms. The molecule has 0 bridgehead atoms. The number of ether oxygens (including phenoxy) is 1. The van der Waals surface area contributed by atoms with Gasteiger partial charge in [-0.25, -0.2) is 4.98 Å². The summed E-state index contributed by atoms with van der Waals surface area (Å²) in [5, 5.41) is 0. The standard InChI is InChI=1S/C15H19F2N3O/c1-21-11-6-8-19(9-7-11)10-14-18-12-4-2-3-5-13(12)20(14)15(16)17/h2-5,11,15H,6-10H2,1H3. The van der Waals surface area contributed by atoms with Gasteiger partial charge in [0.05, 0.1) is 23.7 Å². The topological polar surface area (TPSA) is 30.3 Å². The zero-order chi connectivity index (χ0) is 14.8. The van der Waals surface area contributed by atoms with Gasteiger partial charge in [-0.1, -0.05) is 12.1 Å². The monoisotopic (exact) mass is 295 g/mol. The zero-order valence-electron chi connectivity index (χ0n) is 12.0. The fraction of sp³-hybridized carbons (Fsp3) is 0.533. The third-order valence-corrected chi connectivity index (χ3v) is 4.10. The number of hydrogen-bond acceptors (Lipinski definition) is 3. The van der Waals surface area contributed by atoms with Gasteiger partial charge in [0.15, 0.2) is 0 Å². The third kappa shape index (κ3) is 2.91. The maximum absolute atomic E-state index is 13.3. The molecule has 1 aromatic carbocycles. The van der Waals surface area contributed by atoms with E-state index < -0.39 is 6.55 Å². The summed E-state index contributed by atoms with van der Waals surface area (Å²) in [5.74, 6) is 0.432. The van der Waals surface area contributed by atoms with E-state index in [1.165, 1.54) is 0 Å². The summed E-state index contributed by atoms with van der Waals surface area (Å²) < 4.78 is 33.1. The number of piperidine rings is 1. The number of likely N-dealkylation sites (tertiary alicyclic amines) is 1. The second-order valence-electron chi connectivity index (χ2n) is 5.38. The largest absolute Gasteiger partial charge is 0.381 e. The number of hydrogen-bond donors (Lipinski definition) is 0. The molecule has 0 spiro atoms. The Morgan fingerprint density at radius 1 is 1.29 bits per heavy atom. The van der Waals surface area contributed by atoms with Gasteiger partial charge in [0.25, 0.3) is 0 Å². The van der Waals surface area contributed by atoms with Gasteiger partial charge in [-0.2, -0.15) is 8.78 Å². The van der Waals surface area contributed by atoms with Crippen molar-refractivity contribution >= 4 is 11.0 Å². The molecule has 0 saturated carbocycles. The average molecular weight is 295 g/mol. The van der Waals surface area contributed by atoms with Crippen LogP contribution >= 0.6 is 0 Å². The molecule has 1 fully saturated rings. The van der Waals surface area contributed by atoms with Crippen LogP contribution in [0.15, 0.2) is 24.3 Å². The zero-order valence-corrected chi connectivity index (χ0v) is 12.0. The van der Waals surface area contributed by atoms with Gasteiger partial charge in [0.1, 0.15) is 5.82 Å². The number of aromatic nitrogens is 2. The summed E-state index contributed by atoms with van der Waals surface area (Å²) in [5.41, 5.74) is 1.12. The van der Waals surface area contributed by atoms with Crippen molar-refractivity contribution in [3.63, 3.8) is 0 Å². The number of imidazole rings is 1. The quantitative estimate of drug-likeness (QED) is 0.868. The van der Waals surface area contributed by atoms with Crippen molar-refractivity contribution in [3.05, 3.63) is 30.1 Å². The number of benzene rings is 1. The first-order valence-corrected chi connectivity index (χ1v) is 7.18. The molecule has 3 rings (SSSR count). The summed E-state index contributed by atoms with van der Waals surface area (Å²) in [4.78, 5) is 6.54. The smallest absolute Gasteiger partial charge is 0.320 e. The molecule has 1 aliphatic heterocycles. The van der Waals surface area contributed by atoms with E-state index in [-0.39, 0.29) is 6.10 Å². The van der Waals surface area contributed by atoms with Crippen molar-refractivity contribution in [2.45, 2.75) is 32.0 Å². The van der Waals surface area contributed by atoms with Crippen molar-refractivity contribution in [1.82, 2.24) is 14.5 Å². The normalized spacial score (nSPS) is 17.9. The van der Waals surface area contributed by atoms with Crippen LogP contribution in [0.5, 0.6) is 0 Å². The van der Waals surface area contributed by atoms with Crippen LogP contribution in [0.2, 0.25) is 0 Å². The lowest BCUT2D eigenvalue weighted by molar-refractivity contribution is 0.0339. The summed E-state index contributed by atoms with van der Waals surface area (Å²) in [7, 11) is 1.72. The number of alkyl halides is 2. The van der Waals surface area contributed by atoms with Crippen molar-refractivity contribution < 1.29 is 13.5 Å². The van der Waals surface area contributed by atoms with E-state index in [1.807, 2.05) is 6.07 Å². The Morgan fingerprint density at radius 3 is 2.67 bits per heavy atom. The molecule has 1 aromatic heterocycles. The summed E-state index contributed by atoms with van der Waals surface area (Å²) in [6.07, 6.45) is 2.16. The van der Waals surface area contributed by atoms with E-state index in [0.717, 1.165) is 30.5 Å². The minimum absolute atomic E-state index is 0.287. The molecule has 2 aromatic rings. The number of nitrogens with zero attached hydrogens (tertiary/aromatic N) is 3. The van der Waals surface area contributed by atoms with Crippen LogP contribution in [0.4, 0.5) is 8.78 Å². The summed E-state index contributed by atoms with van der Waals surface area (Å²) in [6, 6.07) is 7.04. The predicted octanol–water partition coefficient (Wildman–Crippen LogP) is 3.04. The Balaban J connectivity index is 1.82. The molecule has 2 heterocycles. The second kappa shape index (κ2) is 6.07. The minimum atomic E-state index is -2.57. The van der Waals surface area contributed by atoms with Crippen LogP contribution in [0, 0.1) is 0 Å². The van der Waals surface area contributed by atoms with Crippen molar-refractivity contribution in [2.24, 2.45) is 0 Å². The van der Waals surface area contributed by atoms with E-state index in [0.29, 0.717) is 23.4 Å². The van der Waals surface area contributed by atoms with Gasteiger partial charge >= 0.3 is 6.55 Å². The van der Waals surface area contributed by atoms with Gasteiger partial charge in [-0.3, -0.25) is 9.47 Å². The van der Waals surface area contributed by atoms with Gasteiger partial charge in [0, 0.05) is 20.2 Å². The number of para-hydroxylation sites is 2. The first-order chi connectivity index (χ1) is 10.2. The molecular formula is C15H19F2N3O. The van der Waals surface area contributed by atoms with Crippen molar-refractivity contribution in [2.75, 3.05) is 20.2 Å². The van der Waals surface area contributed by atoms with Crippen LogP contribution < -0.4 is 0 Å². The lowest BCUT2D eigenvalue weighted by Crippen LogP contribution is -2.36. The average Bonchev–Trinajstić information content (AvgIpc) is 2.86. The van der Waals surface area contributed by atoms with Gasteiger partial charge < -0.3 is 4.74 Å². The summed E-state index contributed by atoms with van der Waals surface area (Å²) in [6.45, 7) is -0.408. The van der Waals surface area contributed by atoms with Gasteiger partial charge in [-0.15, -0.1) is 0 Å². The lowest BCUT2D eigenvalue weighted by Gasteiger charge is -2.30. The Hall–Kier alpha value is -1.53. The Bertz CT molecular complexity index is 606. The van der Waals surface area contributed by atoms with Gasteiger partial charge in [-0.05, 0) is 25.0 Å². The van der Waals surface area contributed by atoms with E-state index in [4.69, 9.17) is 4.74 Å². The molecule has 1 aliphatic rings. The highest BCUT2D eigenvalue weighted by atomic mass is 19.3. The first kappa shape index (κ1) is 14.4. The van der Waals surface area contributed by atoms with Crippen LogP contribution in [0.25, 0.3) is 11.0 Å². The maximum Gasteiger partial charge on any atom is 0.320 e. The molecule has 6 heteroatoms. The molecule has 114 valence electrons. The molecular weight excluding hydrogens is 276 g/mol. The van der Waals surface area contributed by atoms with E-state index in [9.17, 15) is 8.78 Å². The van der Waals surface area contributed by atoms with Crippen molar-refractivity contribution in [1.29, 1.82) is 0 Å². The molecule has 1 saturated heterocycles. The predicted molar refractivity (Wildman–Crippen MR) is 76.3 cm³/mol. The summed E-state index contributed by atoms with van der Waals surface area (Å²) >= 11 is 0. The lowest BCUT2D eigenvalue weighted by atomic mass is 10.1. The van der Waals surface area contributed by atoms with Crippen LogP contribution in [-0.4, -0.2) is 40.8 Å². The fourth-order valence-corrected chi connectivity index (χ4v) is 2.93. The molecule has 4 nitrogen and oxygen atoms in total. The Kier molecular flexibility index (Phi) is 4.17. The van der Waals surface area contributed by atoms with E-state index in [1.54, 1.807) is 25.3 Å². The molecule has 0 amide bonds. The van der Waals surface area contributed by atoms with Crippen LogP contribution in [0.3, 0.4) is 0 Å². The van der Waals surface area contributed by atoms with Crippen LogP contribution in [-0.2, 0) is 11.3 Å². The number of rotatable bonds is 4. The second-order valence-corrected chi connectivity index (χ2v) is 5.38. The molecule has 0 aliphatic carbocycles. The first-order valence-electron chi connectivity index (χ1n) is 7.18. The highest BCUT2D eigenvalue weighted by Gasteiger charge is 2.23. The van der Waals surface area contributed by atoms with Crippen molar-refractivity contribution in [3.8, 4) is 0 Å². The Morgan fingerprint density at radius 2 is 2.00 bits per heavy atom. The number of methoxy groups -OCH3 is 1. The SMILES string of the molecule is COC1CCN(Cc2nc3ccccc3n2C(F)F)CC1. The molecule has 0 unspecified atom stereocenters. The highest BCUT2D eigenvalue weighted by Crippen LogP contribution is 2.24. The minimum Gasteiger partial charge on any atom is -0.381 e. The van der Waals surface area contributed by atoms with Crippen LogP contribution in [0.1, 0.15) is 25.2 Å². The molecule has 0 atom stereocenters. The van der Waals surface area contributed by atoms with Gasteiger partial charge in [0.2, 0.25) is 0 Å². The number of fused-ring (bicyclic) bond motifs is 1. The Labute approximate surface area is 122 Å².